The molecule has 0 bridgehead atoms. The summed E-state index contributed by atoms with van der Waals surface area (Å²) in [6, 6.07) is 0. The van der Waals surface area contributed by atoms with Gasteiger partial charge in [-0.25, -0.2) is 0 Å². The Bertz CT molecular complexity index is 104. The molecule has 0 N–H and O–H groups in total. The van der Waals surface area contributed by atoms with Crippen molar-refractivity contribution >= 4 is 6.29 Å². The summed E-state index contributed by atoms with van der Waals surface area (Å²) < 4.78 is 0. The molecule has 0 heterocycles. The van der Waals surface area contributed by atoms with Gasteiger partial charge in [-0.05, 0) is 0 Å². The molecule has 1 nitrogen and oxygen atoms in total. The van der Waals surface area contributed by atoms with Gasteiger partial charge in [0.05, 0.1) is 0 Å². The molecule has 0 amide bonds. The summed E-state index contributed by atoms with van der Waals surface area (Å²) in [5.74, 6) is 0. The van der Waals surface area contributed by atoms with E-state index < -0.39 is 0 Å². The van der Waals surface area contributed by atoms with E-state index in [-0.39, 0.29) is 29.6 Å². The minimum atomic E-state index is 0. The van der Waals surface area contributed by atoms with Crippen molar-refractivity contribution in [3.05, 3.63) is 0 Å². The molecule has 0 unspecified atom stereocenters. The van der Waals surface area contributed by atoms with Gasteiger partial charge in [0.25, 0.3) is 0 Å². The molecule has 0 saturated heterocycles. The molecule has 0 aliphatic rings. The number of hydrogen-bond acceptors (Lipinski definition) is 1. The maximum Gasteiger partial charge on any atom is 1.00 e. The first kappa shape index (κ1) is 17.1. The Morgan fingerprint density at radius 2 is 1.21 bits per heavy atom. The molecule has 14 heavy (non-hydrogen) atoms. The van der Waals surface area contributed by atoms with Gasteiger partial charge in [0.2, 0.25) is 0 Å². The Kier molecular flexibility index (Phi) is 19.7. The van der Waals surface area contributed by atoms with Gasteiger partial charge in [0.1, 0.15) is 0 Å². The van der Waals surface area contributed by atoms with E-state index in [1.54, 1.807) is 0 Å². The van der Waals surface area contributed by atoms with E-state index >= 15 is 0 Å². The molecule has 0 aromatic rings. The third-order valence-electron chi connectivity index (χ3n) is 2.38. The predicted octanol–water partition coefficient (Wildman–Crippen LogP) is 1.02. The first-order valence-corrected chi connectivity index (χ1v) is 5.76. The van der Waals surface area contributed by atoms with Crippen LogP contribution >= 0.6 is 0 Å². The molecule has 78 valence electrons. The normalized spacial score (nSPS) is 9.50. The fourth-order valence-corrected chi connectivity index (χ4v) is 1.51. The molecule has 0 atom stereocenters. The van der Waals surface area contributed by atoms with E-state index in [9.17, 15) is 4.79 Å². The summed E-state index contributed by atoms with van der Waals surface area (Å²) in [5, 5.41) is 0. The molecule has 0 aliphatic heterocycles. The molecule has 0 rings (SSSR count). The quantitative estimate of drug-likeness (QED) is 0.296. The van der Waals surface area contributed by atoms with Gasteiger partial charge in [-0.2, -0.15) is 6.42 Å². The molecule has 0 aromatic carbocycles. The second kappa shape index (κ2) is 16.1. The topological polar surface area (TPSA) is 17.1 Å². The second-order valence-electron chi connectivity index (χ2n) is 3.72. The van der Waals surface area contributed by atoms with Gasteiger partial charge in [0.15, 0.2) is 0 Å². The zero-order valence-electron chi connectivity index (χ0n) is 9.98. The van der Waals surface area contributed by atoms with Crippen LogP contribution < -0.4 is 29.6 Å². The Morgan fingerprint density at radius 3 is 1.64 bits per heavy atom. The van der Waals surface area contributed by atoms with E-state index in [0.29, 0.717) is 6.42 Å². The Labute approximate surface area is 111 Å². The van der Waals surface area contributed by atoms with Crippen molar-refractivity contribution in [3.8, 4) is 0 Å². The molecular weight excluding hydrogens is 183 g/mol. The molecule has 0 radical (unpaired) electrons. The van der Waals surface area contributed by atoms with Crippen molar-refractivity contribution in [2.24, 2.45) is 0 Å². The summed E-state index contributed by atoms with van der Waals surface area (Å²) in [7, 11) is 0. The standard InChI is InChI=1S/C12H23O.Na/c1-2-3-4-5-6-7-8-9-10-11-12-13;/h2-11H2,1H3;/q-1;+1. The van der Waals surface area contributed by atoms with E-state index in [4.69, 9.17) is 0 Å². The average molecular weight is 206 g/mol. The molecule has 2 heteroatoms. The van der Waals surface area contributed by atoms with E-state index in [2.05, 4.69) is 6.92 Å². The molecule has 0 aliphatic carbocycles. The Hall–Kier alpha value is 0.670. The monoisotopic (exact) mass is 206 g/mol. The van der Waals surface area contributed by atoms with Crippen LogP contribution in [0.25, 0.3) is 0 Å². The first-order chi connectivity index (χ1) is 6.41. The Morgan fingerprint density at radius 1 is 0.786 bits per heavy atom. The van der Waals surface area contributed by atoms with Crippen LogP contribution in [0.3, 0.4) is 0 Å². The molecular formula is C12H23NaO. The number of carbonyl (C=O) groups excluding carboxylic acids is 1. The second-order valence-corrected chi connectivity index (χ2v) is 3.72. The van der Waals surface area contributed by atoms with Crippen LogP contribution in [0.1, 0.15) is 71.1 Å². The van der Waals surface area contributed by atoms with Crippen LogP contribution in [0.4, 0.5) is 0 Å². The minimum Gasteiger partial charge on any atom is -0.542 e. The number of unbranched alkanes of at least 4 members (excludes halogenated alkanes) is 9. The molecule has 0 saturated carbocycles. The zero-order chi connectivity index (χ0) is 9.78. The molecule has 0 fully saturated rings. The SMILES string of the molecule is CCCCCCCCCCC[C-]=O.[Na+]. The van der Waals surface area contributed by atoms with Crippen molar-refractivity contribution in [2.75, 3.05) is 0 Å². The third kappa shape index (κ3) is 15.2. The van der Waals surface area contributed by atoms with Crippen molar-refractivity contribution in [2.45, 2.75) is 71.1 Å². The third-order valence-corrected chi connectivity index (χ3v) is 2.38. The van der Waals surface area contributed by atoms with E-state index in [1.165, 1.54) is 51.4 Å². The van der Waals surface area contributed by atoms with Crippen molar-refractivity contribution < 1.29 is 34.4 Å². The fourth-order valence-electron chi connectivity index (χ4n) is 1.51. The maximum absolute atomic E-state index is 9.89. The van der Waals surface area contributed by atoms with Crippen molar-refractivity contribution in [1.29, 1.82) is 0 Å². The van der Waals surface area contributed by atoms with Gasteiger partial charge in [0, 0.05) is 0 Å². The maximum atomic E-state index is 9.89. The number of rotatable bonds is 10. The van der Waals surface area contributed by atoms with E-state index in [0.717, 1.165) is 6.42 Å². The average Bonchev–Trinajstić information content (AvgIpc) is 2.16. The summed E-state index contributed by atoms with van der Waals surface area (Å²) in [6.45, 7) is 2.25. The van der Waals surface area contributed by atoms with Crippen molar-refractivity contribution in [3.63, 3.8) is 0 Å². The van der Waals surface area contributed by atoms with Gasteiger partial charge in [-0.3, -0.25) is 6.29 Å². The Balaban J connectivity index is 0. The van der Waals surface area contributed by atoms with Crippen LogP contribution in [0.5, 0.6) is 0 Å². The van der Waals surface area contributed by atoms with Crippen LogP contribution in [0, 0.1) is 0 Å². The smallest absolute Gasteiger partial charge is 0.542 e. The van der Waals surface area contributed by atoms with Crippen LogP contribution in [-0.4, -0.2) is 6.29 Å². The van der Waals surface area contributed by atoms with Gasteiger partial charge in [-0.15, -0.1) is 0 Å². The van der Waals surface area contributed by atoms with Crippen molar-refractivity contribution in [1.82, 2.24) is 0 Å². The van der Waals surface area contributed by atoms with E-state index in [1.807, 2.05) is 6.29 Å². The van der Waals surface area contributed by atoms with Crippen LogP contribution in [-0.2, 0) is 4.79 Å². The van der Waals surface area contributed by atoms with Gasteiger partial charge < -0.3 is 4.79 Å². The number of hydrogen-bond donors (Lipinski definition) is 0. The van der Waals surface area contributed by atoms with Crippen LogP contribution in [0.2, 0.25) is 0 Å². The van der Waals surface area contributed by atoms with Crippen LogP contribution in [0.15, 0.2) is 0 Å². The first-order valence-electron chi connectivity index (χ1n) is 5.76. The largest absolute Gasteiger partial charge is 1.00 e. The van der Waals surface area contributed by atoms with Gasteiger partial charge >= 0.3 is 29.6 Å². The zero-order valence-corrected chi connectivity index (χ0v) is 12.0. The summed E-state index contributed by atoms with van der Waals surface area (Å²) in [5.41, 5.74) is 0. The minimum absolute atomic E-state index is 0. The molecule has 0 aromatic heterocycles. The fraction of sp³-hybridized carbons (Fsp3) is 0.917. The molecule has 0 spiro atoms. The summed E-state index contributed by atoms with van der Waals surface area (Å²) in [6.07, 6.45) is 14.4. The summed E-state index contributed by atoms with van der Waals surface area (Å²) in [4.78, 5) is 9.89. The summed E-state index contributed by atoms with van der Waals surface area (Å²) >= 11 is 0. The van der Waals surface area contributed by atoms with Gasteiger partial charge in [-0.1, -0.05) is 64.7 Å². The predicted molar refractivity (Wildman–Crippen MR) is 57.5 cm³/mol.